The number of benzene rings is 1. The summed E-state index contributed by atoms with van der Waals surface area (Å²) in [6, 6.07) is 4.69. The van der Waals surface area contributed by atoms with E-state index in [4.69, 9.17) is 16.1 Å². The van der Waals surface area contributed by atoms with Gasteiger partial charge < -0.3 is 9.42 Å². The molecule has 2 rings (SSSR count). The van der Waals surface area contributed by atoms with Gasteiger partial charge in [0.1, 0.15) is 5.82 Å². The van der Waals surface area contributed by atoms with Crippen molar-refractivity contribution in [1.29, 1.82) is 0 Å². The molecule has 0 amide bonds. The molecule has 0 spiro atoms. The zero-order valence-corrected chi connectivity index (χ0v) is 12.4. The van der Waals surface area contributed by atoms with Crippen LogP contribution in [0.5, 0.6) is 0 Å². The molecule has 108 valence electrons. The Kier molecular flexibility index (Phi) is 4.57. The standard InChI is InChI=1S/C13H16ClFN4O/c1-18(2)13-16-12(20-17-13)8-19(3)7-9-4-5-11(15)10(14)6-9/h4-6H,7-8H2,1-3H3. The van der Waals surface area contributed by atoms with Crippen molar-refractivity contribution in [1.82, 2.24) is 15.0 Å². The molecule has 0 bridgehead atoms. The third-order valence-corrected chi connectivity index (χ3v) is 2.99. The zero-order chi connectivity index (χ0) is 14.7. The number of halogens is 2. The van der Waals surface area contributed by atoms with E-state index < -0.39 is 5.82 Å². The number of hydrogen-bond donors (Lipinski definition) is 0. The van der Waals surface area contributed by atoms with Crippen LogP contribution in [0, 0.1) is 5.82 Å². The highest BCUT2D eigenvalue weighted by Crippen LogP contribution is 2.17. The van der Waals surface area contributed by atoms with E-state index in [0.29, 0.717) is 24.9 Å². The fraction of sp³-hybridized carbons (Fsp3) is 0.385. The average molecular weight is 299 g/mol. The van der Waals surface area contributed by atoms with E-state index in [1.54, 1.807) is 17.0 Å². The summed E-state index contributed by atoms with van der Waals surface area (Å²) in [6.07, 6.45) is 0. The molecule has 0 atom stereocenters. The van der Waals surface area contributed by atoms with Gasteiger partial charge >= 0.3 is 0 Å². The molecule has 0 N–H and O–H groups in total. The van der Waals surface area contributed by atoms with Gasteiger partial charge in [-0.3, -0.25) is 4.90 Å². The lowest BCUT2D eigenvalue weighted by molar-refractivity contribution is 0.260. The summed E-state index contributed by atoms with van der Waals surface area (Å²) in [6.45, 7) is 1.12. The summed E-state index contributed by atoms with van der Waals surface area (Å²) in [5.41, 5.74) is 0.922. The number of anilines is 1. The van der Waals surface area contributed by atoms with Crippen LogP contribution in [0.25, 0.3) is 0 Å². The van der Waals surface area contributed by atoms with Crippen molar-refractivity contribution >= 4 is 17.5 Å². The lowest BCUT2D eigenvalue weighted by atomic mass is 10.2. The van der Waals surface area contributed by atoms with Gasteiger partial charge in [0.05, 0.1) is 11.6 Å². The van der Waals surface area contributed by atoms with E-state index in [1.807, 2.05) is 26.0 Å². The Labute approximate surface area is 121 Å². The van der Waals surface area contributed by atoms with Gasteiger partial charge in [-0.1, -0.05) is 17.7 Å². The summed E-state index contributed by atoms with van der Waals surface area (Å²) in [5.74, 6) is 0.660. The van der Waals surface area contributed by atoms with E-state index in [2.05, 4.69) is 10.1 Å². The van der Waals surface area contributed by atoms with E-state index in [9.17, 15) is 4.39 Å². The monoisotopic (exact) mass is 298 g/mol. The third-order valence-electron chi connectivity index (χ3n) is 2.70. The Balaban J connectivity index is 1.97. The second kappa shape index (κ2) is 6.19. The SMILES string of the molecule is CN(Cc1ccc(F)c(Cl)c1)Cc1nc(N(C)C)no1. The molecule has 0 unspecified atom stereocenters. The van der Waals surface area contributed by atoms with Gasteiger partial charge in [0, 0.05) is 20.6 Å². The molecule has 2 aromatic rings. The molecular formula is C13H16ClFN4O. The van der Waals surface area contributed by atoms with Crippen molar-refractivity contribution < 1.29 is 8.91 Å². The third kappa shape index (κ3) is 3.68. The molecule has 1 heterocycles. The molecular weight excluding hydrogens is 283 g/mol. The molecule has 7 heteroatoms. The maximum Gasteiger partial charge on any atom is 0.265 e. The van der Waals surface area contributed by atoms with Crippen LogP contribution in [0.1, 0.15) is 11.5 Å². The number of aromatic nitrogens is 2. The molecule has 20 heavy (non-hydrogen) atoms. The highest BCUT2D eigenvalue weighted by Gasteiger charge is 2.11. The van der Waals surface area contributed by atoms with Crippen LogP contribution < -0.4 is 4.90 Å². The molecule has 1 aromatic carbocycles. The summed E-state index contributed by atoms with van der Waals surface area (Å²) in [4.78, 5) is 8.00. The van der Waals surface area contributed by atoms with E-state index >= 15 is 0 Å². The average Bonchev–Trinajstić information content (AvgIpc) is 2.82. The predicted molar refractivity (Wildman–Crippen MR) is 75.2 cm³/mol. The van der Waals surface area contributed by atoms with Crippen LogP contribution in [0.2, 0.25) is 5.02 Å². The van der Waals surface area contributed by atoms with Crippen LogP contribution in [-0.2, 0) is 13.1 Å². The molecule has 0 saturated heterocycles. The fourth-order valence-corrected chi connectivity index (χ4v) is 1.93. The van der Waals surface area contributed by atoms with Gasteiger partial charge in [-0.2, -0.15) is 4.98 Å². The molecule has 0 radical (unpaired) electrons. The van der Waals surface area contributed by atoms with Crippen LogP contribution in [0.15, 0.2) is 22.7 Å². The quantitative estimate of drug-likeness (QED) is 0.849. The van der Waals surface area contributed by atoms with Crippen molar-refractivity contribution in [2.45, 2.75) is 13.1 Å². The Bertz CT molecular complexity index is 588. The second-order valence-corrected chi connectivity index (χ2v) is 5.21. The van der Waals surface area contributed by atoms with Gasteiger partial charge in [0.25, 0.3) is 5.95 Å². The summed E-state index contributed by atoms with van der Waals surface area (Å²) in [7, 11) is 5.61. The molecule has 0 aliphatic rings. The molecule has 0 fully saturated rings. The molecule has 0 aliphatic heterocycles. The molecule has 1 aromatic heterocycles. The Hall–Kier alpha value is -1.66. The van der Waals surface area contributed by atoms with Gasteiger partial charge in [-0.25, -0.2) is 4.39 Å². The first-order valence-corrected chi connectivity index (χ1v) is 6.46. The maximum atomic E-state index is 13.1. The highest BCUT2D eigenvalue weighted by molar-refractivity contribution is 6.30. The highest BCUT2D eigenvalue weighted by atomic mass is 35.5. The normalized spacial score (nSPS) is 11.1. The lowest BCUT2D eigenvalue weighted by Crippen LogP contribution is -2.17. The van der Waals surface area contributed by atoms with Gasteiger partial charge in [-0.05, 0) is 29.9 Å². The zero-order valence-electron chi connectivity index (χ0n) is 11.6. The second-order valence-electron chi connectivity index (χ2n) is 4.80. The minimum absolute atomic E-state index is 0.128. The van der Waals surface area contributed by atoms with Crippen LogP contribution in [-0.4, -0.2) is 36.2 Å². The predicted octanol–water partition coefficient (Wildman–Crippen LogP) is 2.56. The maximum absolute atomic E-state index is 13.1. The van der Waals surface area contributed by atoms with Gasteiger partial charge in [0.2, 0.25) is 5.89 Å². The fourth-order valence-electron chi connectivity index (χ4n) is 1.73. The number of hydrogen-bond acceptors (Lipinski definition) is 5. The minimum atomic E-state index is -0.411. The molecule has 0 saturated carbocycles. The van der Waals surface area contributed by atoms with E-state index in [-0.39, 0.29) is 5.02 Å². The van der Waals surface area contributed by atoms with E-state index in [1.165, 1.54) is 6.07 Å². The van der Waals surface area contributed by atoms with Crippen LogP contribution in [0.3, 0.4) is 0 Å². The van der Waals surface area contributed by atoms with E-state index in [0.717, 1.165) is 5.56 Å². The van der Waals surface area contributed by atoms with Crippen molar-refractivity contribution in [3.63, 3.8) is 0 Å². The minimum Gasteiger partial charge on any atom is -0.344 e. The first-order valence-electron chi connectivity index (χ1n) is 6.08. The molecule has 5 nitrogen and oxygen atoms in total. The number of rotatable bonds is 5. The summed E-state index contributed by atoms with van der Waals surface area (Å²) < 4.78 is 18.2. The smallest absolute Gasteiger partial charge is 0.265 e. The van der Waals surface area contributed by atoms with Crippen LogP contribution in [0.4, 0.5) is 10.3 Å². The van der Waals surface area contributed by atoms with Crippen molar-refractivity contribution in [3.05, 3.63) is 40.5 Å². The van der Waals surface area contributed by atoms with Crippen LogP contribution >= 0.6 is 11.6 Å². The first-order chi connectivity index (χ1) is 9.45. The largest absolute Gasteiger partial charge is 0.344 e. The Morgan fingerprint density at radius 2 is 2.00 bits per heavy atom. The number of nitrogens with zero attached hydrogens (tertiary/aromatic N) is 4. The Morgan fingerprint density at radius 1 is 1.25 bits per heavy atom. The lowest BCUT2D eigenvalue weighted by Gasteiger charge is -2.14. The first kappa shape index (κ1) is 14.7. The van der Waals surface area contributed by atoms with Crippen molar-refractivity contribution in [2.24, 2.45) is 0 Å². The van der Waals surface area contributed by atoms with Crippen molar-refractivity contribution in [2.75, 3.05) is 26.0 Å². The topological polar surface area (TPSA) is 45.4 Å². The van der Waals surface area contributed by atoms with Gasteiger partial charge in [-0.15, -0.1) is 0 Å². The Morgan fingerprint density at radius 3 is 2.60 bits per heavy atom. The van der Waals surface area contributed by atoms with Gasteiger partial charge in [0.15, 0.2) is 0 Å². The summed E-state index contributed by atoms with van der Waals surface area (Å²) in [5, 5.41) is 3.97. The summed E-state index contributed by atoms with van der Waals surface area (Å²) >= 11 is 5.76. The molecule has 0 aliphatic carbocycles. The van der Waals surface area contributed by atoms with Crippen molar-refractivity contribution in [3.8, 4) is 0 Å².